The van der Waals surface area contributed by atoms with Crippen LogP contribution in [0.5, 0.6) is 0 Å². The van der Waals surface area contributed by atoms with Crippen LogP contribution in [0, 0.1) is 5.92 Å². The molecule has 9 nitrogen and oxygen atoms in total. The Morgan fingerprint density at radius 3 is 2.69 bits per heavy atom. The van der Waals surface area contributed by atoms with E-state index in [0.717, 1.165) is 31.5 Å². The molecule has 0 atom stereocenters. The van der Waals surface area contributed by atoms with Gasteiger partial charge in [0.25, 0.3) is 0 Å². The van der Waals surface area contributed by atoms with E-state index in [2.05, 4.69) is 15.7 Å². The van der Waals surface area contributed by atoms with Crippen LogP contribution in [0.15, 0.2) is 29.1 Å². The zero-order valence-corrected chi connectivity index (χ0v) is 16.8. The van der Waals surface area contributed by atoms with Crippen molar-refractivity contribution in [3.05, 3.63) is 40.6 Å². The largest absolute Gasteiger partial charge is 0.449 e. The first-order chi connectivity index (χ1) is 13.9. The second kappa shape index (κ2) is 9.40. The number of nitrogens with zero attached hydrogens (tertiary/aromatic N) is 3. The lowest BCUT2D eigenvalue weighted by molar-refractivity contribution is -0.117. The van der Waals surface area contributed by atoms with E-state index >= 15 is 0 Å². The predicted molar refractivity (Wildman–Crippen MR) is 109 cm³/mol. The number of hydrogen-bond acceptors (Lipinski definition) is 5. The Bertz CT molecular complexity index is 931. The molecule has 29 heavy (non-hydrogen) atoms. The third kappa shape index (κ3) is 5.69. The van der Waals surface area contributed by atoms with Crippen LogP contribution in [-0.4, -0.2) is 33.0 Å². The summed E-state index contributed by atoms with van der Waals surface area (Å²) in [6.45, 7) is 4.72. The van der Waals surface area contributed by atoms with Gasteiger partial charge in [-0.05, 0) is 37.0 Å². The van der Waals surface area contributed by atoms with E-state index in [-0.39, 0.29) is 24.1 Å². The summed E-state index contributed by atoms with van der Waals surface area (Å²) in [7, 11) is 0. The van der Waals surface area contributed by atoms with Crippen LogP contribution in [-0.2, 0) is 29.0 Å². The number of carbonyl (C=O) groups is 2. The maximum absolute atomic E-state index is 12.5. The number of aromatic nitrogens is 3. The highest BCUT2D eigenvalue weighted by Crippen LogP contribution is 2.16. The molecule has 0 saturated carbocycles. The van der Waals surface area contributed by atoms with E-state index in [9.17, 15) is 14.4 Å². The number of aryl methyl sites for hydroxylation is 1. The summed E-state index contributed by atoms with van der Waals surface area (Å²) in [6, 6.07) is 6.73. The molecule has 1 aliphatic heterocycles. The summed E-state index contributed by atoms with van der Waals surface area (Å²) in [5.74, 6) is 0.624. The zero-order chi connectivity index (χ0) is 20.8. The van der Waals surface area contributed by atoms with Gasteiger partial charge in [0.2, 0.25) is 5.91 Å². The van der Waals surface area contributed by atoms with Gasteiger partial charge in [0, 0.05) is 24.3 Å². The smallest absolute Gasteiger partial charge is 0.411 e. The van der Waals surface area contributed by atoms with E-state index < -0.39 is 6.09 Å². The van der Waals surface area contributed by atoms with Crippen molar-refractivity contribution in [1.29, 1.82) is 0 Å². The van der Waals surface area contributed by atoms with Gasteiger partial charge in [0.15, 0.2) is 0 Å². The maximum Gasteiger partial charge on any atom is 0.411 e. The number of nitrogens with one attached hydrogen (secondary N) is 2. The fourth-order valence-corrected chi connectivity index (χ4v) is 3.14. The molecule has 0 unspecified atom stereocenters. The van der Waals surface area contributed by atoms with Crippen molar-refractivity contribution in [2.45, 2.75) is 52.6 Å². The maximum atomic E-state index is 12.5. The highest BCUT2D eigenvalue weighted by atomic mass is 16.5. The quantitative estimate of drug-likeness (QED) is 0.774. The molecule has 0 aliphatic carbocycles. The van der Waals surface area contributed by atoms with E-state index in [4.69, 9.17) is 4.74 Å². The van der Waals surface area contributed by atoms with Gasteiger partial charge in [0.05, 0.1) is 6.61 Å². The number of amides is 2. The molecule has 9 heteroatoms. The molecule has 2 aromatic rings. The fourth-order valence-electron chi connectivity index (χ4n) is 3.14. The highest BCUT2D eigenvalue weighted by molar-refractivity contribution is 5.92. The number of hydrogen-bond donors (Lipinski definition) is 2. The lowest BCUT2D eigenvalue weighted by atomic mass is 10.2. The van der Waals surface area contributed by atoms with Crippen molar-refractivity contribution >= 4 is 23.4 Å². The van der Waals surface area contributed by atoms with Gasteiger partial charge >= 0.3 is 11.8 Å². The van der Waals surface area contributed by atoms with Crippen molar-refractivity contribution in [3.63, 3.8) is 0 Å². The summed E-state index contributed by atoms with van der Waals surface area (Å²) >= 11 is 0. The minimum absolute atomic E-state index is 0.160. The molecule has 0 saturated heterocycles. The third-order valence-electron chi connectivity index (χ3n) is 4.52. The van der Waals surface area contributed by atoms with Gasteiger partial charge in [-0.3, -0.25) is 14.7 Å². The molecular formula is C20H27N5O4. The van der Waals surface area contributed by atoms with E-state index in [1.165, 1.54) is 4.68 Å². The minimum Gasteiger partial charge on any atom is -0.449 e. The lowest BCUT2D eigenvalue weighted by Gasteiger charge is -2.10. The SMILES string of the molecule is CC(C)COC(=O)Nc1cccc(NC(=O)Cn2nc3n(c2=O)CCCCC3)c1. The van der Waals surface area contributed by atoms with Crippen molar-refractivity contribution in [2.24, 2.45) is 5.92 Å². The summed E-state index contributed by atoms with van der Waals surface area (Å²) < 4.78 is 7.95. The highest BCUT2D eigenvalue weighted by Gasteiger charge is 2.17. The van der Waals surface area contributed by atoms with Gasteiger partial charge in [-0.25, -0.2) is 14.3 Å². The topological polar surface area (TPSA) is 107 Å². The number of fused-ring (bicyclic) bond motifs is 1. The summed E-state index contributed by atoms with van der Waals surface area (Å²) in [5.41, 5.74) is 0.758. The van der Waals surface area contributed by atoms with E-state index in [1.807, 2.05) is 13.8 Å². The van der Waals surface area contributed by atoms with Gasteiger partial charge in [-0.2, -0.15) is 5.10 Å². The molecule has 0 fully saturated rings. The van der Waals surface area contributed by atoms with Gasteiger partial charge < -0.3 is 10.1 Å². The summed E-state index contributed by atoms with van der Waals surface area (Å²) in [6.07, 6.45) is 3.24. The van der Waals surface area contributed by atoms with Crippen LogP contribution in [0.2, 0.25) is 0 Å². The van der Waals surface area contributed by atoms with Crippen molar-refractivity contribution in [1.82, 2.24) is 14.3 Å². The van der Waals surface area contributed by atoms with Crippen LogP contribution < -0.4 is 16.3 Å². The fraction of sp³-hybridized carbons (Fsp3) is 0.500. The Morgan fingerprint density at radius 1 is 1.17 bits per heavy atom. The van der Waals surface area contributed by atoms with E-state index in [0.29, 0.717) is 24.5 Å². The normalized spacial score (nSPS) is 13.5. The van der Waals surface area contributed by atoms with Crippen LogP contribution in [0.3, 0.4) is 0 Å². The number of benzene rings is 1. The number of anilines is 2. The first-order valence-corrected chi connectivity index (χ1v) is 9.92. The molecule has 0 bridgehead atoms. The predicted octanol–water partition coefficient (Wildman–Crippen LogP) is 2.61. The Balaban J connectivity index is 1.60. The summed E-state index contributed by atoms with van der Waals surface area (Å²) in [4.78, 5) is 36.6. The van der Waals surface area contributed by atoms with Gasteiger partial charge in [-0.15, -0.1) is 0 Å². The van der Waals surface area contributed by atoms with Gasteiger partial charge in [0.1, 0.15) is 12.4 Å². The number of rotatable bonds is 6. The van der Waals surface area contributed by atoms with E-state index in [1.54, 1.807) is 28.8 Å². The molecule has 3 rings (SSSR count). The lowest BCUT2D eigenvalue weighted by Crippen LogP contribution is -2.30. The zero-order valence-electron chi connectivity index (χ0n) is 16.8. The molecule has 0 radical (unpaired) electrons. The van der Waals surface area contributed by atoms with Crippen molar-refractivity contribution < 1.29 is 14.3 Å². The molecule has 1 aliphatic rings. The Hall–Kier alpha value is -3.10. The molecule has 0 spiro atoms. The Labute approximate surface area is 169 Å². The minimum atomic E-state index is -0.548. The van der Waals surface area contributed by atoms with Crippen LogP contribution in [0.4, 0.5) is 16.2 Å². The standard InChI is InChI=1S/C20H27N5O4/c1-14(2)13-29-19(27)22-16-8-6-7-15(11-16)21-18(26)12-25-20(28)24-10-5-3-4-9-17(24)23-25/h6-8,11,14H,3-5,9-10,12-13H2,1-2H3,(H,21,26)(H,22,27). The second-order valence-corrected chi connectivity index (χ2v) is 7.57. The molecule has 1 aromatic heterocycles. The Kier molecular flexibility index (Phi) is 6.69. The second-order valence-electron chi connectivity index (χ2n) is 7.57. The molecule has 2 amide bonds. The molecular weight excluding hydrogens is 374 g/mol. The number of carbonyl (C=O) groups excluding carboxylic acids is 2. The average Bonchev–Trinajstić information content (AvgIpc) is 2.83. The van der Waals surface area contributed by atoms with Crippen molar-refractivity contribution in [2.75, 3.05) is 17.2 Å². The van der Waals surface area contributed by atoms with Crippen LogP contribution >= 0.6 is 0 Å². The molecule has 2 N–H and O–H groups in total. The number of ether oxygens (including phenoxy) is 1. The first kappa shape index (κ1) is 20.6. The van der Waals surface area contributed by atoms with Crippen molar-refractivity contribution in [3.8, 4) is 0 Å². The average molecular weight is 401 g/mol. The Morgan fingerprint density at radius 2 is 1.93 bits per heavy atom. The monoisotopic (exact) mass is 401 g/mol. The summed E-state index contributed by atoms with van der Waals surface area (Å²) in [5, 5.41) is 9.68. The molecule has 1 aromatic carbocycles. The van der Waals surface area contributed by atoms with Crippen LogP contribution in [0.25, 0.3) is 0 Å². The van der Waals surface area contributed by atoms with Crippen LogP contribution in [0.1, 0.15) is 38.9 Å². The molecule has 156 valence electrons. The van der Waals surface area contributed by atoms with Gasteiger partial charge in [-0.1, -0.05) is 26.3 Å². The molecule has 2 heterocycles. The third-order valence-corrected chi connectivity index (χ3v) is 4.52. The first-order valence-electron chi connectivity index (χ1n) is 9.92.